The van der Waals surface area contributed by atoms with Gasteiger partial charge in [-0.25, -0.2) is 12.8 Å². The molecule has 3 aliphatic carbocycles. The highest BCUT2D eigenvalue weighted by Crippen LogP contribution is 2.49. The minimum atomic E-state index is -5.64. The van der Waals surface area contributed by atoms with Gasteiger partial charge in [0.2, 0.25) is 5.91 Å². The molecule has 16 heteroatoms. The van der Waals surface area contributed by atoms with Gasteiger partial charge in [0.25, 0.3) is 15.7 Å². The fraction of sp³-hybridized carbons (Fsp3) is 0.387. The number of hydrogen-bond acceptors (Lipinski definition) is 8. The molecule has 3 aliphatic rings. The molecule has 2 aromatic carbocycles. The van der Waals surface area contributed by atoms with Gasteiger partial charge in [-0.05, 0) is 61.8 Å². The molecular formula is C31H28F4N4O7S. The number of carbonyl (C=O) groups excluding carboxylic acids is 2. The van der Waals surface area contributed by atoms with E-state index in [1.54, 1.807) is 0 Å². The quantitative estimate of drug-likeness (QED) is 0.276. The number of benzene rings is 2. The minimum Gasteiger partial charge on any atom is -0.496 e. The lowest BCUT2D eigenvalue weighted by molar-refractivity contribution is -0.138. The Morgan fingerprint density at radius 3 is 2.40 bits per heavy atom. The van der Waals surface area contributed by atoms with Gasteiger partial charge < -0.3 is 20.5 Å². The van der Waals surface area contributed by atoms with Crippen LogP contribution in [0.4, 0.5) is 23.2 Å². The summed E-state index contributed by atoms with van der Waals surface area (Å²) in [5, 5.41) is 14.6. The van der Waals surface area contributed by atoms with Crippen molar-refractivity contribution in [2.75, 3.05) is 12.4 Å². The van der Waals surface area contributed by atoms with E-state index < -0.39 is 61.7 Å². The molecule has 11 nitrogen and oxygen atoms in total. The van der Waals surface area contributed by atoms with Crippen LogP contribution in [0.5, 0.6) is 5.75 Å². The summed E-state index contributed by atoms with van der Waals surface area (Å²) in [6.45, 7) is 0. The maximum atomic E-state index is 15.2. The molecule has 0 unspecified atom stereocenters. The van der Waals surface area contributed by atoms with Gasteiger partial charge in [0.15, 0.2) is 0 Å². The Morgan fingerprint density at radius 2 is 1.77 bits per heavy atom. The summed E-state index contributed by atoms with van der Waals surface area (Å²) < 4.78 is 83.5. The lowest BCUT2D eigenvalue weighted by atomic mass is 9.83. The highest BCUT2D eigenvalue weighted by molar-refractivity contribution is 7.92. The van der Waals surface area contributed by atoms with Crippen molar-refractivity contribution in [3.63, 3.8) is 0 Å². The van der Waals surface area contributed by atoms with Crippen LogP contribution in [0, 0.1) is 29.5 Å². The second-order valence-corrected chi connectivity index (χ2v) is 13.9. The van der Waals surface area contributed by atoms with Gasteiger partial charge in [-0.1, -0.05) is 6.07 Å². The molecule has 3 saturated carbocycles. The average molecular weight is 677 g/mol. The zero-order valence-corrected chi connectivity index (χ0v) is 25.4. The molecule has 6 atom stereocenters. The number of hydrogen-bond donors (Lipinski definition) is 3. The van der Waals surface area contributed by atoms with E-state index in [1.165, 1.54) is 31.6 Å². The van der Waals surface area contributed by atoms with E-state index in [0.717, 1.165) is 30.7 Å². The number of sulfone groups is 1. The summed E-state index contributed by atoms with van der Waals surface area (Å²) in [5.74, 6) is -4.84. The van der Waals surface area contributed by atoms with Crippen LogP contribution in [-0.2, 0) is 19.4 Å². The zero-order valence-electron chi connectivity index (χ0n) is 24.6. The molecule has 6 rings (SSSR count). The summed E-state index contributed by atoms with van der Waals surface area (Å²) >= 11 is 0. The molecule has 0 aliphatic heterocycles. The lowest BCUT2D eigenvalue weighted by Gasteiger charge is -2.31. The fourth-order valence-corrected chi connectivity index (χ4v) is 7.57. The van der Waals surface area contributed by atoms with Crippen molar-refractivity contribution in [2.45, 2.75) is 48.0 Å². The molecule has 0 spiro atoms. The van der Waals surface area contributed by atoms with Gasteiger partial charge in [-0.2, -0.15) is 13.2 Å². The van der Waals surface area contributed by atoms with Gasteiger partial charge in [0, 0.05) is 35.5 Å². The van der Waals surface area contributed by atoms with Crippen LogP contribution in [0.25, 0.3) is 11.3 Å². The second-order valence-electron chi connectivity index (χ2n) is 12.0. The largest absolute Gasteiger partial charge is 0.501 e. The standard InChI is InChI=1S/C31H28F4N4O7S/c1-46-25-11-22(32)20(24-13-36-23(12-37-24)18-9-19(18)30(42)43)10-21(25)28(40)39-27-15-6-5-14(7-15)26(27)29(41)38-16-3-2-4-17(8-16)47(44,45)31(33,34)35/h2-4,8,10-15,18-19,26-27H,5-7,9H2,1H3,(H,38,41)(H,39,40)(H,42,43)/t14-,15+,18-,19-,26+,27-/m1/s1. The number of amides is 2. The van der Waals surface area contributed by atoms with E-state index in [9.17, 15) is 41.1 Å². The molecule has 2 amide bonds. The first-order valence-corrected chi connectivity index (χ1v) is 16.1. The Morgan fingerprint density at radius 1 is 1.02 bits per heavy atom. The highest BCUT2D eigenvalue weighted by Gasteiger charge is 2.52. The molecule has 3 aromatic rings. The van der Waals surface area contributed by atoms with E-state index in [-0.39, 0.29) is 46.0 Å². The number of aliphatic carboxylic acids is 1. The number of methoxy groups -OCH3 is 1. The summed E-state index contributed by atoms with van der Waals surface area (Å²) in [7, 11) is -4.38. The van der Waals surface area contributed by atoms with Gasteiger partial charge >= 0.3 is 11.5 Å². The Labute approximate surface area is 265 Å². The SMILES string of the molecule is COc1cc(F)c(-c2cnc([C@@H]3C[C@H]3C(=O)O)cn2)cc1C(=O)N[C@@H]1[C@H]2CC[C@H](C2)[C@@H]1C(=O)Nc1cccc(S(=O)(=O)C(F)(F)F)c1. The zero-order chi connectivity index (χ0) is 33.8. The predicted molar refractivity (Wildman–Crippen MR) is 156 cm³/mol. The number of anilines is 1. The first-order chi connectivity index (χ1) is 22.2. The molecule has 0 saturated heterocycles. The third-order valence-electron chi connectivity index (χ3n) is 9.20. The first-order valence-electron chi connectivity index (χ1n) is 14.7. The monoisotopic (exact) mass is 676 g/mol. The van der Waals surface area contributed by atoms with Crippen molar-refractivity contribution in [3.05, 3.63) is 65.9 Å². The van der Waals surface area contributed by atoms with E-state index in [1.807, 2.05) is 0 Å². The number of aromatic nitrogens is 2. The van der Waals surface area contributed by atoms with E-state index in [2.05, 4.69) is 20.6 Å². The van der Waals surface area contributed by atoms with Gasteiger partial charge in [0.05, 0.1) is 47.0 Å². The summed E-state index contributed by atoms with van der Waals surface area (Å²) in [6, 6.07) is 5.46. The number of carboxylic acids is 1. The van der Waals surface area contributed by atoms with Crippen molar-refractivity contribution >= 4 is 33.3 Å². The van der Waals surface area contributed by atoms with Gasteiger partial charge in [0.1, 0.15) is 11.6 Å². The Bertz CT molecular complexity index is 1870. The van der Waals surface area contributed by atoms with Crippen molar-refractivity contribution < 1.29 is 50.2 Å². The van der Waals surface area contributed by atoms with Crippen LogP contribution < -0.4 is 15.4 Å². The molecule has 3 fully saturated rings. The van der Waals surface area contributed by atoms with Crippen molar-refractivity contribution in [2.24, 2.45) is 23.7 Å². The fourth-order valence-electron chi connectivity index (χ4n) is 6.77. The number of carbonyl (C=O) groups is 3. The van der Waals surface area contributed by atoms with Crippen molar-refractivity contribution in [1.82, 2.24) is 15.3 Å². The number of nitrogens with zero attached hydrogens (tertiary/aromatic N) is 2. The summed E-state index contributed by atoms with van der Waals surface area (Å²) in [4.78, 5) is 45.8. The molecule has 2 bridgehead atoms. The Balaban J connectivity index is 1.22. The maximum Gasteiger partial charge on any atom is 0.501 e. The molecule has 248 valence electrons. The normalized spacial score (nSPS) is 24.9. The maximum absolute atomic E-state index is 15.2. The third kappa shape index (κ3) is 6.01. The minimum absolute atomic E-state index is 0.0464. The number of alkyl halides is 3. The van der Waals surface area contributed by atoms with E-state index >= 15 is 4.39 Å². The average Bonchev–Trinajstić information content (AvgIpc) is 3.59. The Hall–Kier alpha value is -4.60. The van der Waals surface area contributed by atoms with Crippen LogP contribution >= 0.6 is 0 Å². The Kier molecular flexibility index (Phi) is 8.18. The predicted octanol–water partition coefficient (Wildman–Crippen LogP) is 4.56. The van der Waals surface area contributed by atoms with Gasteiger partial charge in [-0.15, -0.1) is 0 Å². The number of ether oxygens (including phenoxy) is 1. The number of carboxylic acid groups (broad SMARTS) is 1. The molecule has 47 heavy (non-hydrogen) atoms. The number of fused-ring (bicyclic) bond motifs is 2. The molecule has 0 radical (unpaired) electrons. The molecule has 1 aromatic heterocycles. The second kappa shape index (κ2) is 11.9. The number of halogens is 4. The summed E-state index contributed by atoms with van der Waals surface area (Å²) in [5.41, 5.74) is -5.21. The van der Waals surface area contributed by atoms with Crippen LogP contribution in [0.2, 0.25) is 0 Å². The van der Waals surface area contributed by atoms with E-state index in [4.69, 9.17) is 4.74 Å². The smallest absolute Gasteiger partial charge is 0.496 e. The number of rotatable bonds is 9. The van der Waals surface area contributed by atoms with Crippen LogP contribution in [0.15, 0.2) is 53.7 Å². The van der Waals surface area contributed by atoms with Crippen LogP contribution in [0.3, 0.4) is 0 Å². The van der Waals surface area contributed by atoms with Crippen molar-refractivity contribution in [3.8, 4) is 17.0 Å². The lowest BCUT2D eigenvalue weighted by Crippen LogP contribution is -2.48. The third-order valence-corrected chi connectivity index (χ3v) is 10.7. The van der Waals surface area contributed by atoms with Crippen LogP contribution in [0.1, 0.15) is 47.7 Å². The van der Waals surface area contributed by atoms with E-state index in [0.29, 0.717) is 25.0 Å². The highest BCUT2D eigenvalue weighted by atomic mass is 32.2. The van der Waals surface area contributed by atoms with Gasteiger partial charge in [-0.3, -0.25) is 24.4 Å². The summed E-state index contributed by atoms with van der Waals surface area (Å²) in [6.07, 6.45) is 5.12. The number of nitrogens with one attached hydrogen (secondary N) is 2. The molecule has 3 N–H and O–H groups in total. The molecular weight excluding hydrogens is 648 g/mol. The van der Waals surface area contributed by atoms with Crippen molar-refractivity contribution in [1.29, 1.82) is 0 Å². The topological polar surface area (TPSA) is 165 Å². The molecule has 1 heterocycles. The first kappa shape index (κ1) is 32.3. The van der Waals surface area contributed by atoms with Crippen LogP contribution in [-0.4, -0.2) is 59.9 Å².